The highest BCUT2D eigenvalue weighted by atomic mass is 14.9. The predicted octanol–water partition coefficient (Wildman–Crippen LogP) is 3.67. The molecule has 0 aliphatic rings. The van der Waals surface area contributed by atoms with Crippen molar-refractivity contribution in [3.63, 3.8) is 0 Å². The molecule has 0 fully saturated rings. The molecule has 18 heavy (non-hydrogen) atoms. The van der Waals surface area contributed by atoms with E-state index < -0.39 is 13.2 Å². The molecule has 0 saturated carbocycles. The Morgan fingerprint density at radius 2 is 2.06 bits per heavy atom. The van der Waals surface area contributed by atoms with E-state index in [0.717, 1.165) is 22.4 Å². The monoisotopic (exact) mass is 245 g/mol. The molecule has 0 amide bonds. The number of hydrogen-bond donors (Lipinski definition) is 0. The highest BCUT2D eigenvalue weighted by molar-refractivity contribution is 5.63. The van der Waals surface area contributed by atoms with Gasteiger partial charge < -0.3 is 0 Å². The Hall–Kier alpha value is -1.63. The molecule has 0 aliphatic carbocycles. The second-order valence-electron chi connectivity index (χ2n) is 4.59. The summed E-state index contributed by atoms with van der Waals surface area (Å²) in [6.45, 7) is 3.08. The molecule has 0 aliphatic heterocycles. The molecule has 1 aromatic carbocycles. The van der Waals surface area contributed by atoms with E-state index in [0.29, 0.717) is 0 Å². The lowest BCUT2D eigenvalue weighted by Crippen LogP contribution is -2.31. The van der Waals surface area contributed by atoms with Gasteiger partial charge in [-0.3, -0.25) is 0 Å². The summed E-state index contributed by atoms with van der Waals surface area (Å²) in [4.78, 5) is 0. The summed E-state index contributed by atoms with van der Waals surface area (Å²) in [6.07, 6.45) is -0.203. The largest absolute Gasteiger partial charge is 0.212 e. The fourth-order valence-corrected chi connectivity index (χ4v) is 2.15. The molecule has 1 heteroatoms. The maximum atomic E-state index is 8.03. The SMILES string of the molecule is [2H]C([2H])([2H])c1c[n+](C)c(-c2cccc(C)c2C)cc1C([2H])([2H])C. The minimum Gasteiger partial charge on any atom is -0.201 e. The molecule has 0 spiro atoms. The molecule has 0 N–H and O–H groups in total. The van der Waals surface area contributed by atoms with E-state index in [1.807, 2.05) is 32.0 Å². The third-order valence-electron chi connectivity index (χ3n) is 3.42. The third kappa shape index (κ3) is 2.17. The summed E-state index contributed by atoms with van der Waals surface area (Å²) < 4.78 is 40.9. The summed E-state index contributed by atoms with van der Waals surface area (Å²) in [7, 11) is 1.79. The Balaban J connectivity index is 2.80. The number of aromatic nitrogens is 1. The van der Waals surface area contributed by atoms with E-state index in [1.165, 1.54) is 13.1 Å². The lowest BCUT2D eigenvalue weighted by molar-refractivity contribution is -0.660. The third-order valence-corrected chi connectivity index (χ3v) is 3.42. The second-order valence-corrected chi connectivity index (χ2v) is 4.59. The van der Waals surface area contributed by atoms with Gasteiger partial charge >= 0.3 is 0 Å². The van der Waals surface area contributed by atoms with Gasteiger partial charge in [-0.2, -0.15) is 0 Å². The zero-order valence-corrected chi connectivity index (χ0v) is 11.3. The smallest absolute Gasteiger partial charge is 0.201 e. The van der Waals surface area contributed by atoms with E-state index in [9.17, 15) is 0 Å². The highest BCUT2D eigenvalue weighted by Crippen LogP contribution is 2.24. The van der Waals surface area contributed by atoms with Crippen molar-refractivity contribution in [3.8, 4) is 11.3 Å². The van der Waals surface area contributed by atoms with Crippen LogP contribution in [0.25, 0.3) is 11.3 Å². The molecule has 0 unspecified atom stereocenters. The standard InChI is InChI=1S/C17H22N/c1-6-15-10-17(18(5)11-13(15)3)16-9-7-8-12(2)14(16)4/h7-11H,6H2,1-5H3/q+1/i3D3,6D2. The summed E-state index contributed by atoms with van der Waals surface area (Å²) in [6, 6.07) is 7.62. The van der Waals surface area contributed by atoms with Crippen LogP contribution in [0.4, 0.5) is 0 Å². The summed E-state index contributed by atoms with van der Waals surface area (Å²) in [5, 5.41) is 0. The molecule has 0 atom stereocenters. The number of benzene rings is 1. The lowest BCUT2D eigenvalue weighted by atomic mass is 9.98. The molecule has 2 rings (SSSR count). The highest BCUT2D eigenvalue weighted by Gasteiger charge is 2.15. The van der Waals surface area contributed by atoms with E-state index >= 15 is 0 Å². The molecule has 0 saturated heterocycles. The molecule has 1 nitrogen and oxygen atoms in total. The first-order valence-electron chi connectivity index (χ1n) is 8.54. The zero-order chi connectivity index (χ0) is 17.6. The molecule has 1 heterocycles. The molecular formula is C17H22N+. The minimum atomic E-state index is -2.35. The Kier molecular flexibility index (Phi) is 2.12. The van der Waals surface area contributed by atoms with Crippen molar-refractivity contribution in [2.75, 3.05) is 0 Å². The number of hydrogen-bond acceptors (Lipinski definition) is 0. The summed E-state index contributed by atoms with van der Waals surface area (Å²) in [5.41, 5.74) is 4.30. The van der Waals surface area contributed by atoms with Crippen LogP contribution in [0.3, 0.4) is 0 Å². The van der Waals surface area contributed by atoms with Crippen LogP contribution >= 0.6 is 0 Å². The van der Waals surface area contributed by atoms with Crippen molar-refractivity contribution in [3.05, 3.63) is 52.7 Å². The van der Waals surface area contributed by atoms with Gasteiger partial charge in [0.25, 0.3) is 0 Å². The Bertz CT molecular complexity index is 742. The molecule has 2 aromatic rings. The quantitative estimate of drug-likeness (QED) is 0.711. The van der Waals surface area contributed by atoms with Crippen LogP contribution in [0.2, 0.25) is 0 Å². The van der Waals surface area contributed by atoms with Crippen molar-refractivity contribution in [1.29, 1.82) is 0 Å². The van der Waals surface area contributed by atoms with Crippen molar-refractivity contribution in [2.24, 2.45) is 7.05 Å². The van der Waals surface area contributed by atoms with Gasteiger partial charge in [0.05, 0.1) is 0 Å². The van der Waals surface area contributed by atoms with Crippen LogP contribution in [0.15, 0.2) is 30.5 Å². The van der Waals surface area contributed by atoms with Crippen molar-refractivity contribution in [2.45, 2.75) is 34.0 Å². The van der Waals surface area contributed by atoms with E-state index in [-0.39, 0.29) is 11.1 Å². The van der Waals surface area contributed by atoms with Gasteiger partial charge in [-0.1, -0.05) is 19.1 Å². The predicted molar refractivity (Wildman–Crippen MR) is 76.6 cm³/mol. The first kappa shape index (κ1) is 7.73. The summed E-state index contributed by atoms with van der Waals surface area (Å²) >= 11 is 0. The average molecular weight is 245 g/mol. The van der Waals surface area contributed by atoms with E-state index in [4.69, 9.17) is 6.85 Å². The zero-order valence-electron chi connectivity index (χ0n) is 16.3. The van der Waals surface area contributed by atoms with Gasteiger partial charge in [0, 0.05) is 24.0 Å². The fourth-order valence-electron chi connectivity index (χ4n) is 2.15. The number of rotatable bonds is 2. The van der Waals surface area contributed by atoms with Gasteiger partial charge in [0.2, 0.25) is 5.69 Å². The van der Waals surface area contributed by atoms with Crippen LogP contribution < -0.4 is 4.57 Å². The molecular weight excluding hydrogens is 218 g/mol. The maximum Gasteiger partial charge on any atom is 0.212 e. The average Bonchev–Trinajstić information content (AvgIpc) is 2.39. The lowest BCUT2D eigenvalue weighted by Gasteiger charge is -2.09. The molecule has 0 bridgehead atoms. The topological polar surface area (TPSA) is 3.88 Å². The van der Waals surface area contributed by atoms with Gasteiger partial charge in [-0.25, -0.2) is 4.57 Å². The van der Waals surface area contributed by atoms with Crippen LogP contribution in [-0.2, 0) is 13.4 Å². The molecule has 0 radical (unpaired) electrons. The van der Waals surface area contributed by atoms with Gasteiger partial charge in [0.1, 0.15) is 7.05 Å². The van der Waals surface area contributed by atoms with Crippen LogP contribution in [0.1, 0.15) is 36.0 Å². The fraction of sp³-hybridized carbons (Fsp3) is 0.353. The van der Waals surface area contributed by atoms with Gasteiger partial charge in [-0.05, 0) is 49.8 Å². The molecule has 1 aromatic heterocycles. The molecule has 94 valence electrons. The number of pyridine rings is 1. The maximum absolute atomic E-state index is 8.03. The Labute approximate surface area is 117 Å². The van der Waals surface area contributed by atoms with Crippen LogP contribution in [-0.4, -0.2) is 0 Å². The first-order valence-corrected chi connectivity index (χ1v) is 6.04. The van der Waals surface area contributed by atoms with Gasteiger partial charge in [-0.15, -0.1) is 0 Å². The number of nitrogens with zero attached hydrogens (tertiary/aromatic N) is 1. The minimum absolute atomic E-state index is 0.0570. The van der Waals surface area contributed by atoms with Crippen LogP contribution in [0, 0.1) is 20.7 Å². The van der Waals surface area contributed by atoms with E-state index in [1.54, 1.807) is 17.7 Å². The van der Waals surface area contributed by atoms with Crippen LogP contribution in [0.5, 0.6) is 0 Å². The van der Waals surface area contributed by atoms with Gasteiger partial charge in [0.15, 0.2) is 6.20 Å². The van der Waals surface area contributed by atoms with Crippen molar-refractivity contribution >= 4 is 0 Å². The second kappa shape index (κ2) is 4.93. The Morgan fingerprint density at radius 1 is 1.28 bits per heavy atom. The van der Waals surface area contributed by atoms with Crippen molar-refractivity contribution < 1.29 is 11.4 Å². The number of aryl methyl sites for hydroxylation is 4. The van der Waals surface area contributed by atoms with E-state index in [2.05, 4.69) is 0 Å². The van der Waals surface area contributed by atoms with Crippen molar-refractivity contribution in [1.82, 2.24) is 0 Å². The normalized spacial score (nSPS) is 16.3. The first-order chi connectivity index (χ1) is 10.4. The Morgan fingerprint density at radius 3 is 2.72 bits per heavy atom. The summed E-state index contributed by atoms with van der Waals surface area (Å²) in [5.74, 6) is 0.